The predicted molar refractivity (Wildman–Crippen MR) is 78.9 cm³/mol. The van der Waals surface area contributed by atoms with Gasteiger partial charge >= 0.3 is 0 Å². The van der Waals surface area contributed by atoms with Crippen LogP contribution in [-0.4, -0.2) is 10.9 Å². The van der Waals surface area contributed by atoms with E-state index in [0.29, 0.717) is 15.3 Å². The normalized spacial score (nSPS) is 11.9. The van der Waals surface area contributed by atoms with Crippen molar-refractivity contribution in [2.45, 2.75) is 6.04 Å². The highest BCUT2D eigenvalue weighted by Gasteiger charge is 2.15. The Labute approximate surface area is 124 Å². The first-order valence-corrected chi connectivity index (χ1v) is 6.67. The van der Waals surface area contributed by atoms with Crippen LogP contribution in [0.5, 0.6) is 0 Å². The first-order chi connectivity index (χ1) is 9.08. The lowest BCUT2D eigenvalue weighted by atomic mass is 10.1. The summed E-state index contributed by atoms with van der Waals surface area (Å²) >= 11 is 9.02. The van der Waals surface area contributed by atoms with Crippen LogP contribution in [0.25, 0.3) is 0 Å². The molecule has 6 heteroatoms. The minimum Gasteiger partial charge on any atom is -0.323 e. The van der Waals surface area contributed by atoms with Crippen LogP contribution in [0.2, 0.25) is 5.15 Å². The number of aromatic nitrogens is 1. The molecule has 1 heterocycles. The number of benzene rings is 1. The Morgan fingerprint density at radius 1 is 1.37 bits per heavy atom. The average molecular weight is 341 g/mol. The van der Waals surface area contributed by atoms with Crippen molar-refractivity contribution in [1.29, 1.82) is 0 Å². The van der Waals surface area contributed by atoms with Crippen LogP contribution in [0.4, 0.5) is 5.69 Å². The highest BCUT2D eigenvalue weighted by Crippen LogP contribution is 2.23. The standard InChI is InChI=1S/C13H11BrClN3O/c14-10-6-9(7-17-12(10)15)18-13(19)11(16)8-4-2-1-3-5-8/h1-7,11H,16H2,(H,18,19). The number of hydrogen-bond donors (Lipinski definition) is 2. The van der Waals surface area contributed by atoms with E-state index in [1.54, 1.807) is 18.2 Å². The van der Waals surface area contributed by atoms with Crippen molar-refractivity contribution in [2.24, 2.45) is 5.73 Å². The van der Waals surface area contributed by atoms with Gasteiger partial charge in [-0.25, -0.2) is 4.98 Å². The zero-order valence-electron chi connectivity index (χ0n) is 9.81. The molecule has 1 amide bonds. The summed E-state index contributed by atoms with van der Waals surface area (Å²) in [6, 6.07) is 10.1. The molecule has 0 aliphatic carbocycles. The first-order valence-electron chi connectivity index (χ1n) is 5.50. The van der Waals surface area contributed by atoms with Crippen molar-refractivity contribution < 1.29 is 4.79 Å². The van der Waals surface area contributed by atoms with Crippen molar-refractivity contribution in [3.8, 4) is 0 Å². The van der Waals surface area contributed by atoms with Gasteiger partial charge in [0.2, 0.25) is 5.91 Å². The van der Waals surface area contributed by atoms with E-state index in [1.807, 2.05) is 18.2 Å². The highest BCUT2D eigenvalue weighted by atomic mass is 79.9. The van der Waals surface area contributed by atoms with E-state index in [-0.39, 0.29) is 5.91 Å². The zero-order chi connectivity index (χ0) is 13.8. The third kappa shape index (κ3) is 3.53. The number of rotatable bonds is 3. The van der Waals surface area contributed by atoms with Gasteiger partial charge in [-0.3, -0.25) is 4.79 Å². The minimum atomic E-state index is -0.726. The van der Waals surface area contributed by atoms with Gasteiger partial charge in [-0.2, -0.15) is 0 Å². The number of halogens is 2. The molecule has 98 valence electrons. The maximum atomic E-state index is 12.0. The molecule has 0 radical (unpaired) electrons. The van der Waals surface area contributed by atoms with Crippen molar-refractivity contribution >= 4 is 39.1 Å². The minimum absolute atomic E-state index is 0.303. The van der Waals surface area contributed by atoms with Gasteiger partial charge in [0, 0.05) is 0 Å². The van der Waals surface area contributed by atoms with E-state index in [4.69, 9.17) is 17.3 Å². The van der Waals surface area contributed by atoms with E-state index in [1.165, 1.54) is 6.20 Å². The molecule has 0 fully saturated rings. The van der Waals surface area contributed by atoms with E-state index in [0.717, 1.165) is 5.56 Å². The molecule has 0 saturated heterocycles. The van der Waals surface area contributed by atoms with Crippen molar-refractivity contribution in [1.82, 2.24) is 4.98 Å². The Morgan fingerprint density at radius 3 is 2.68 bits per heavy atom. The number of anilines is 1. The van der Waals surface area contributed by atoms with Crippen LogP contribution in [0.15, 0.2) is 47.1 Å². The smallest absolute Gasteiger partial charge is 0.245 e. The van der Waals surface area contributed by atoms with Crippen molar-refractivity contribution in [3.05, 3.63) is 57.8 Å². The number of nitrogens with zero attached hydrogens (tertiary/aromatic N) is 1. The Hall–Kier alpha value is -1.43. The summed E-state index contributed by atoms with van der Waals surface area (Å²) in [7, 11) is 0. The molecule has 1 aromatic carbocycles. The molecule has 1 aromatic heterocycles. The number of nitrogens with two attached hydrogens (primary N) is 1. The van der Waals surface area contributed by atoms with Gasteiger partial charge in [0.05, 0.1) is 16.4 Å². The number of carbonyl (C=O) groups excluding carboxylic acids is 1. The summed E-state index contributed by atoms with van der Waals surface area (Å²) in [5.74, 6) is -0.303. The van der Waals surface area contributed by atoms with E-state index < -0.39 is 6.04 Å². The van der Waals surface area contributed by atoms with Gasteiger partial charge in [-0.05, 0) is 27.6 Å². The second-order valence-electron chi connectivity index (χ2n) is 3.87. The summed E-state index contributed by atoms with van der Waals surface area (Å²) < 4.78 is 0.611. The maximum absolute atomic E-state index is 12.0. The second kappa shape index (κ2) is 6.14. The molecular weight excluding hydrogens is 330 g/mol. The number of amides is 1. The second-order valence-corrected chi connectivity index (χ2v) is 5.09. The van der Waals surface area contributed by atoms with E-state index in [9.17, 15) is 4.79 Å². The maximum Gasteiger partial charge on any atom is 0.245 e. The molecule has 0 aliphatic heterocycles. The number of nitrogens with one attached hydrogen (secondary N) is 1. The molecule has 4 nitrogen and oxygen atoms in total. The molecule has 0 spiro atoms. The van der Waals surface area contributed by atoms with Gasteiger partial charge in [-0.1, -0.05) is 41.9 Å². The van der Waals surface area contributed by atoms with Gasteiger partial charge in [0.1, 0.15) is 11.2 Å². The Morgan fingerprint density at radius 2 is 2.05 bits per heavy atom. The van der Waals surface area contributed by atoms with E-state index >= 15 is 0 Å². The third-order valence-corrected chi connectivity index (χ3v) is 3.64. The number of pyridine rings is 1. The monoisotopic (exact) mass is 339 g/mol. The predicted octanol–water partition coefficient (Wildman–Crippen LogP) is 3.14. The van der Waals surface area contributed by atoms with Crippen LogP contribution >= 0.6 is 27.5 Å². The summed E-state index contributed by atoms with van der Waals surface area (Å²) in [6.07, 6.45) is 1.47. The molecule has 0 aliphatic rings. The fraction of sp³-hybridized carbons (Fsp3) is 0.0769. The molecule has 0 saturated carbocycles. The largest absolute Gasteiger partial charge is 0.323 e. The molecule has 19 heavy (non-hydrogen) atoms. The lowest BCUT2D eigenvalue weighted by molar-refractivity contribution is -0.117. The quantitative estimate of drug-likeness (QED) is 0.844. The highest BCUT2D eigenvalue weighted by molar-refractivity contribution is 9.10. The summed E-state index contributed by atoms with van der Waals surface area (Å²) in [5, 5.41) is 3.03. The lowest BCUT2D eigenvalue weighted by Crippen LogP contribution is -2.27. The van der Waals surface area contributed by atoms with Gasteiger partial charge in [0.15, 0.2) is 0 Å². The van der Waals surface area contributed by atoms with Gasteiger partial charge < -0.3 is 11.1 Å². The van der Waals surface area contributed by atoms with E-state index in [2.05, 4.69) is 26.2 Å². The zero-order valence-corrected chi connectivity index (χ0v) is 12.1. The Kier molecular flexibility index (Phi) is 4.52. The molecule has 2 rings (SSSR count). The van der Waals surface area contributed by atoms with Gasteiger partial charge in [0.25, 0.3) is 0 Å². The molecule has 0 bridgehead atoms. The third-order valence-electron chi connectivity index (χ3n) is 2.50. The molecule has 1 atom stereocenters. The SMILES string of the molecule is NC(C(=O)Nc1cnc(Cl)c(Br)c1)c1ccccc1. The lowest BCUT2D eigenvalue weighted by Gasteiger charge is -2.12. The average Bonchev–Trinajstić information content (AvgIpc) is 2.43. The van der Waals surface area contributed by atoms with Crippen LogP contribution in [0, 0.1) is 0 Å². The molecule has 1 unspecified atom stereocenters. The topological polar surface area (TPSA) is 68.0 Å². The molecular formula is C13H11BrClN3O. The molecule has 2 aromatic rings. The summed E-state index contributed by atoms with van der Waals surface area (Å²) in [6.45, 7) is 0. The van der Waals surface area contributed by atoms with Crippen LogP contribution < -0.4 is 11.1 Å². The van der Waals surface area contributed by atoms with Gasteiger partial charge in [-0.15, -0.1) is 0 Å². The first kappa shape index (κ1) is 14.0. The number of hydrogen-bond acceptors (Lipinski definition) is 3. The Bertz CT molecular complexity index is 592. The van der Waals surface area contributed by atoms with Crippen molar-refractivity contribution in [3.63, 3.8) is 0 Å². The Balaban J connectivity index is 2.10. The fourth-order valence-electron chi connectivity index (χ4n) is 1.52. The fourth-order valence-corrected chi connectivity index (χ4v) is 1.97. The summed E-state index contributed by atoms with van der Waals surface area (Å²) in [4.78, 5) is 15.9. The van der Waals surface area contributed by atoms with Crippen LogP contribution in [-0.2, 0) is 4.79 Å². The van der Waals surface area contributed by atoms with Crippen LogP contribution in [0.1, 0.15) is 11.6 Å². The van der Waals surface area contributed by atoms with Crippen LogP contribution in [0.3, 0.4) is 0 Å². The molecule has 3 N–H and O–H groups in total. The summed E-state index contributed by atoms with van der Waals surface area (Å²) in [5.41, 5.74) is 7.17. The number of carbonyl (C=O) groups is 1. The van der Waals surface area contributed by atoms with Crippen molar-refractivity contribution in [2.75, 3.05) is 5.32 Å².